The summed E-state index contributed by atoms with van der Waals surface area (Å²) in [6.07, 6.45) is 0.350. The first-order valence-corrected chi connectivity index (χ1v) is 10.4. The fourth-order valence-electron chi connectivity index (χ4n) is 4.32. The number of methoxy groups -OCH3 is 4. The highest BCUT2D eigenvalue weighted by molar-refractivity contribution is 6.03. The number of hydrogen-bond acceptors (Lipinski definition) is 6. The van der Waals surface area contributed by atoms with Crippen molar-refractivity contribution in [1.29, 1.82) is 0 Å². The van der Waals surface area contributed by atoms with Gasteiger partial charge in [0, 0.05) is 17.5 Å². The van der Waals surface area contributed by atoms with Gasteiger partial charge >= 0.3 is 11.9 Å². The van der Waals surface area contributed by atoms with Crippen LogP contribution in [0.15, 0.2) is 60.7 Å². The zero-order chi connectivity index (χ0) is 23.5. The first-order chi connectivity index (χ1) is 16.0. The molecule has 0 aliphatic carbocycles. The number of hydrogen-bond donors (Lipinski definition) is 0. The van der Waals surface area contributed by atoms with Crippen molar-refractivity contribution in [3.8, 4) is 11.5 Å². The largest absolute Gasteiger partial charge is 0.496 e. The van der Waals surface area contributed by atoms with E-state index in [1.807, 2.05) is 48.5 Å². The Kier molecular flexibility index (Phi) is 6.18. The minimum Gasteiger partial charge on any atom is -0.496 e. The molecule has 6 heteroatoms. The molecule has 6 nitrogen and oxygen atoms in total. The molecule has 0 aliphatic heterocycles. The molecule has 0 fully saturated rings. The van der Waals surface area contributed by atoms with Crippen molar-refractivity contribution in [2.75, 3.05) is 28.4 Å². The minimum atomic E-state index is -0.487. The Morgan fingerprint density at radius 2 is 1.03 bits per heavy atom. The number of rotatable bonds is 6. The zero-order valence-electron chi connectivity index (χ0n) is 18.9. The van der Waals surface area contributed by atoms with Gasteiger partial charge in [0.05, 0.1) is 28.4 Å². The predicted molar refractivity (Wildman–Crippen MR) is 126 cm³/mol. The molecule has 0 radical (unpaired) electrons. The summed E-state index contributed by atoms with van der Waals surface area (Å²) in [7, 11) is 5.74. The van der Waals surface area contributed by atoms with Crippen molar-refractivity contribution < 1.29 is 28.5 Å². The summed E-state index contributed by atoms with van der Waals surface area (Å²) < 4.78 is 21.5. The molecule has 0 bridgehead atoms. The van der Waals surface area contributed by atoms with Gasteiger partial charge in [-0.2, -0.15) is 0 Å². The summed E-state index contributed by atoms with van der Waals surface area (Å²) >= 11 is 0. The van der Waals surface area contributed by atoms with Crippen molar-refractivity contribution >= 4 is 33.5 Å². The summed E-state index contributed by atoms with van der Waals surface area (Å²) in [5.41, 5.74) is 2.25. The third-order valence-electron chi connectivity index (χ3n) is 5.78. The lowest BCUT2D eigenvalue weighted by Crippen LogP contribution is -2.10. The van der Waals surface area contributed by atoms with Gasteiger partial charge in [-0.1, -0.05) is 48.5 Å². The van der Waals surface area contributed by atoms with Crippen molar-refractivity contribution in [2.24, 2.45) is 0 Å². The van der Waals surface area contributed by atoms with Gasteiger partial charge in [-0.15, -0.1) is 0 Å². The molecule has 0 amide bonds. The van der Waals surface area contributed by atoms with Crippen LogP contribution in [0.1, 0.15) is 31.8 Å². The van der Waals surface area contributed by atoms with Gasteiger partial charge in [-0.05, 0) is 33.7 Å². The zero-order valence-corrected chi connectivity index (χ0v) is 18.9. The Bertz CT molecular complexity index is 1270. The number of carbonyl (C=O) groups is 2. The Morgan fingerprint density at radius 3 is 1.39 bits per heavy atom. The molecule has 0 saturated heterocycles. The van der Waals surface area contributed by atoms with Crippen molar-refractivity contribution in [2.45, 2.75) is 6.42 Å². The quantitative estimate of drug-likeness (QED) is 0.382. The molecule has 4 aromatic rings. The topological polar surface area (TPSA) is 71.1 Å². The van der Waals surface area contributed by atoms with Crippen LogP contribution in [0, 0.1) is 0 Å². The average Bonchev–Trinajstić information content (AvgIpc) is 2.86. The van der Waals surface area contributed by atoms with E-state index in [1.54, 1.807) is 12.1 Å². The molecule has 4 aromatic carbocycles. The summed E-state index contributed by atoms with van der Waals surface area (Å²) in [6, 6.07) is 19.1. The molecule has 0 heterocycles. The SMILES string of the molecule is COC(=O)c1cc2ccccc2c(Cc2c(OC)c(C(=O)OC)cc3ccccc23)c1OC. The second kappa shape index (κ2) is 9.20. The smallest absolute Gasteiger partial charge is 0.341 e. The Morgan fingerprint density at radius 1 is 0.636 bits per heavy atom. The van der Waals surface area contributed by atoms with Crippen LogP contribution < -0.4 is 9.47 Å². The highest BCUT2D eigenvalue weighted by Gasteiger charge is 2.24. The molecule has 4 rings (SSSR count). The second-order valence-electron chi connectivity index (χ2n) is 7.47. The normalized spacial score (nSPS) is 10.8. The van der Waals surface area contributed by atoms with Crippen LogP contribution in [0.25, 0.3) is 21.5 Å². The van der Waals surface area contributed by atoms with E-state index in [4.69, 9.17) is 18.9 Å². The molecule has 0 aliphatic rings. The summed E-state index contributed by atoms with van der Waals surface area (Å²) in [5, 5.41) is 3.61. The maximum absolute atomic E-state index is 12.6. The molecular weight excluding hydrogens is 420 g/mol. The van der Waals surface area contributed by atoms with E-state index < -0.39 is 11.9 Å². The van der Waals surface area contributed by atoms with Gasteiger partial charge in [0.25, 0.3) is 0 Å². The van der Waals surface area contributed by atoms with E-state index in [0.717, 1.165) is 32.7 Å². The van der Waals surface area contributed by atoms with Gasteiger partial charge in [0.1, 0.15) is 22.6 Å². The lowest BCUT2D eigenvalue weighted by molar-refractivity contribution is 0.0588. The van der Waals surface area contributed by atoms with Crippen LogP contribution in [-0.2, 0) is 15.9 Å². The number of benzene rings is 4. The van der Waals surface area contributed by atoms with E-state index in [2.05, 4.69) is 0 Å². The Balaban J connectivity index is 2.07. The average molecular weight is 444 g/mol. The summed E-state index contributed by atoms with van der Waals surface area (Å²) in [5.74, 6) is -0.122. The first-order valence-electron chi connectivity index (χ1n) is 10.4. The van der Waals surface area contributed by atoms with Crippen LogP contribution in [0.5, 0.6) is 11.5 Å². The first kappa shape index (κ1) is 22.1. The van der Waals surface area contributed by atoms with E-state index >= 15 is 0 Å². The molecule has 0 atom stereocenters. The van der Waals surface area contributed by atoms with E-state index in [1.165, 1.54) is 28.4 Å². The van der Waals surface area contributed by atoms with Gasteiger partial charge in [-0.3, -0.25) is 0 Å². The van der Waals surface area contributed by atoms with Crippen LogP contribution in [0.3, 0.4) is 0 Å². The molecular formula is C27H24O6. The molecule has 0 spiro atoms. The van der Waals surface area contributed by atoms with Crippen LogP contribution >= 0.6 is 0 Å². The van der Waals surface area contributed by atoms with Crippen molar-refractivity contribution in [1.82, 2.24) is 0 Å². The number of ether oxygens (including phenoxy) is 4. The van der Waals surface area contributed by atoms with Crippen LogP contribution in [-0.4, -0.2) is 40.4 Å². The molecule has 168 valence electrons. The maximum atomic E-state index is 12.6. The molecule has 0 unspecified atom stereocenters. The van der Waals surface area contributed by atoms with Crippen molar-refractivity contribution in [3.63, 3.8) is 0 Å². The minimum absolute atomic E-state index is 0.334. The predicted octanol–water partition coefficient (Wildman–Crippen LogP) is 5.17. The number of carbonyl (C=O) groups excluding carboxylic acids is 2. The van der Waals surface area contributed by atoms with E-state index in [0.29, 0.717) is 29.0 Å². The summed E-state index contributed by atoms with van der Waals surface area (Å²) in [4.78, 5) is 25.1. The lowest BCUT2D eigenvalue weighted by Gasteiger charge is -2.20. The standard InChI is InChI=1S/C27H24O6/c1-30-24-20(18-11-7-5-9-16(18)13-22(24)26(28)32-3)15-21-19-12-8-6-10-17(19)14-23(25(21)31-2)27(29)33-4/h5-14H,15H2,1-4H3. The second-order valence-corrected chi connectivity index (χ2v) is 7.47. The fourth-order valence-corrected chi connectivity index (χ4v) is 4.32. The lowest BCUT2D eigenvalue weighted by atomic mass is 9.90. The van der Waals surface area contributed by atoms with Gasteiger partial charge < -0.3 is 18.9 Å². The molecule has 0 N–H and O–H groups in total. The van der Waals surface area contributed by atoms with E-state index in [-0.39, 0.29) is 0 Å². The Hall–Kier alpha value is -4.06. The fraction of sp³-hybridized carbons (Fsp3) is 0.185. The van der Waals surface area contributed by atoms with Crippen LogP contribution in [0.4, 0.5) is 0 Å². The third kappa shape index (κ3) is 3.84. The molecule has 0 aromatic heterocycles. The third-order valence-corrected chi connectivity index (χ3v) is 5.78. The van der Waals surface area contributed by atoms with Gasteiger partial charge in [-0.25, -0.2) is 9.59 Å². The van der Waals surface area contributed by atoms with Crippen LogP contribution in [0.2, 0.25) is 0 Å². The number of esters is 2. The van der Waals surface area contributed by atoms with E-state index in [9.17, 15) is 9.59 Å². The number of fused-ring (bicyclic) bond motifs is 2. The molecule has 0 saturated carbocycles. The maximum Gasteiger partial charge on any atom is 0.341 e. The molecule has 33 heavy (non-hydrogen) atoms. The highest BCUT2D eigenvalue weighted by atomic mass is 16.5. The van der Waals surface area contributed by atoms with Gasteiger partial charge in [0.2, 0.25) is 0 Å². The summed E-state index contributed by atoms with van der Waals surface area (Å²) in [6.45, 7) is 0. The van der Waals surface area contributed by atoms with Crippen molar-refractivity contribution in [3.05, 3.63) is 82.9 Å². The van der Waals surface area contributed by atoms with Gasteiger partial charge in [0.15, 0.2) is 0 Å². The highest BCUT2D eigenvalue weighted by Crippen LogP contribution is 2.40. The monoisotopic (exact) mass is 444 g/mol. The Labute approximate surface area is 191 Å².